The third-order valence-corrected chi connectivity index (χ3v) is 1.66. The topological polar surface area (TPSA) is 66.0 Å². The Bertz CT molecular complexity index is 433. The van der Waals surface area contributed by atoms with Gasteiger partial charge in [0.1, 0.15) is 0 Å². The molecule has 0 aromatic carbocycles. The number of aromatic nitrogens is 2. The summed E-state index contributed by atoms with van der Waals surface area (Å²) < 4.78 is 0. The molecule has 0 aliphatic carbocycles. The van der Waals surface area contributed by atoms with Crippen molar-refractivity contribution in [1.82, 2.24) is 9.97 Å². The van der Waals surface area contributed by atoms with E-state index >= 15 is 0 Å². The van der Waals surface area contributed by atoms with E-state index in [1.807, 2.05) is 0 Å². The summed E-state index contributed by atoms with van der Waals surface area (Å²) in [6.45, 7) is 0. The molecule has 0 atom stereocenters. The van der Waals surface area contributed by atoms with Crippen molar-refractivity contribution in [2.75, 3.05) is 0 Å². The number of carboxylic acid groups (broad SMARTS) is 1. The zero-order chi connectivity index (χ0) is 8.55. The molecule has 12 heavy (non-hydrogen) atoms. The summed E-state index contributed by atoms with van der Waals surface area (Å²) in [5.41, 5.74) is 0.988. The van der Waals surface area contributed by atoms with Gasteiger partial charge in [0.2, 0.25) is 0 Å². The van der Waals surface area contributed by atoms with E-state index < -0.39 is 5.97 Å². The molecular weight excluding hydrogens is 156 g/mol. The predicted molar refractivity (Wildman–Crippen MR) is 43.1 cm³/mol. The van der Waals surface area contributed by atoms with Crippen LogP contribution in [0.2, 0.25) is 0 Å². The summed E-state index contributed by atoms with van der Waals surface area (Å²) in [4.78, 5) is 17.3. The lowest BCUT2D eigenvalue weighted by molar-refractivity contribution is 0.0696. The molecule has 0 spiro atoms. The minimum absolute atomic E-state index is 0.210. The molecule has 0 unspecified atom stereocenters. The van der Waals surface area contributed by atoms with Gasteiger partial charge in [-0.3, -0.25) is 4.98 Å². The smallest absolute Gasteiger partial charge is 0.337 e. The normalized spacial score (nSPS) is 10.3. The summed E-state index contributed by atoms with van der Waals surface area (Å²) in [5, 5.41) is 9.45. The zero-order valence-corrected chi connectivity index (χ0v) is 6.11. The molecule has 2 rings (SSSR count). The number of nitrogens with zero attached hydrogens (tertiary/aromatic N) is 1. The van der Waals surface area contributed by atoms with Gasteiger partial charge in [-0.05, 0) is 6.07 Å². The largest absolute Gasteiger partial charge is 0.478 e. The van der Waals surface area contributed by atoms with Gasteiger partial charge < -0.3 is 10.1 Å². The number of aromatic amines is 1. The zero-order valence-electron chi connectivity index (χ0n) is 6.11. The Kier molecular flexibility index (Phi) is 1.33. The molecule has 4 heteroatoms. The molecule has 2 aromatic rings. The van der Waals surface area contributed by atoms with Crippen molar-refractivity contribution in [3.05, 3.63) is 30.2 Å². The first kappa shape index (κ1) is 6.84. The first-order valence-electron chi connectivity index (χ1n) is 3.43. The number of carbonyl (C=O) groups is 1. The Balaban J connectivity index is 2.68. The van der Waals surface area contributed by atoms with Gasteiger partial charge in [-0.25, -0.2) is 4.79 Å². The first-order valence-corrected chi connectivity index (χ1v) is 3.43. The number of hydrogen-bond donors (Lipinski definition) is 2. The van der Waals surface area contributed by atoms with E-state index in [2.05, 4.69) is 9.97 Å². The van der Waals surface area contributed by atoms with E-state index in [1.165, 1.54) is 6.20 Å². The lowest BCUT2D eigenvalue weighted by atomic mass is 10.2. The van der Waals surface area contributed by atoms with Crippen LogP contribution in [0.3, 0.4) is 0 Å². The summed E-state index contributed by atoms with van der Waals surface area (Å²) in [6, 6.07) is 1.58. The predicted octanol–water partition coefficient (Wildman–Crippen LogP) is 1.26. The van der Waals surface area contributed by atoms with E-state index in [9.17, 15) is 4.79 Å². The number of pyridine rings is 1. The van der Waals surface area contributed by atoms with Gasteiger partial charge in [-0.1, -0.05) is 0 Å². The number of aromatic carboxylic acids is 1. The van der Waals surface area contributed by atoms with Crippen LogP contribution in [0.4, 0.5) is 0 Å². The average Bonchev–Trinajstić information content (AvgIpc) is 2.49. The summed E-state index contributed by atoms with van der Waals surface area (Å²) >= 11 is 0. The van der Waals surface area contributed by atoms with Gasteiger partial charge in [-0.15, -0.1) is 0 Å². The molecule has 2 aromatic heterocycles. The monoisotopic (exact) mass is 162 g/mol. The fourth-order valence-corrected chi connectivity index (χ4v) is 1.06. The minimum atomic E-state index is -0.953. The van der Waals surface area contributed by atoms with Crippen molar-refractivity contribution < 1.29 is 9.90 Å². The molecule has 0 saturated carbocycles. The Labute approximate surface area is 67.9 Å². The van der Waals surface area contributed by atoms with Crippen LogP contribution in [0.25, 0.3) is 10.9 Å². The lowest BCUT2D eigenvalue weighted by Gasteiger charge is -1.92. The number of hydrogen-bond acceptors (Lipinski definition) is 2. The SMILES string of the molecule is O=C(O)c1cnc2c[nH]cc2c1. The van der Waals surface area contributed by atoms with Crippen molar-refractivity contribution >= 4 is 16.9 Å². The molecule has 0 radical (unpaired) electrons. The van der Waals surface area contributed by atoms with Crippen LogP contribution >= 0.6 is 0 Å². The summed E-state index contributed by atoms with van der Waals surface area (Å²) in [5.74, 6) is -0.953. The first-order chi connectivity index (χ1) is 5.77. The highest BCUT2D eigenvalue weighted by Crippen LogP contribution is 2.11. The molecule has 0 amide bonds. The standard InChI is InChI=1S/C8H6N2O2/c11-8(12)6-1-5-2-9-4-7(5)10-3-6/h1-4,9H,(H,11,12). The highest BCUT2D eigenvalue weighted by molar-refractivity contribution is 5.92. The van der Waals surface area contributed by atoms with E-state index in [4.69, 9.17) is 5.11 Å². The Morgan fingerprint density at radius 3 is 3.08 bits per heavy atom. The van der Waals surface area contributed by atoms with Crippen molar-refractivity contribution in [3.8, 4) is 0 Å². The summed E-state index contributed by atoms with van der Waals surface area (Å²) in [7, 11) is 0. The van der Waals surface area contributed by atoms with Gasteiger partial charge >= 0.3 is 5.97 Å². The number of H-pyrrole nitrogens is 1. The maximum atomic E-state index is 10.5. The second kappa shape index (κ2) is 2.34. The van der Waals surface area contributed by atoms with Gasteiger partial charge in [0.15, 0.2) is 0 Å². The maximum Gasteiger partial charge on any atom is 0.337 e. The van der Waals surface area contributed by atoms with Crippen LogP contribution in [0.15, 0.2) is 24.7 Å². The van der Waals surface area contributed by atoms with Crippen molar-refractivity contribution in [3.63, 3.8) is 0 Å². The van der Waals surface area contributed by atoms with Crippen LogP contribution in [0.1, 0.15) is 10.4 Å². The molecule has 4 nitrogen and oxygen atoms in total. The molecule has 0 aliphatic heterocycles. The molecule has 2 N–H and O–H groups in total. The Hall–Kier alpha value is -1.84. The third kappa shape index (κ3) is 0.934. The molecule has 0 bridgehead atoms. The van der Waals surface area contributed by atoms with E-state index in [0.717, 1.165) is 10.9 Å². The van der Waals surface area contributed by atoms with Crippen molar-refractivity contribution in [2.24, 2.45) is 0 Å². The second-order valence-corrected chi connectivity index (χ2v) is 2.46. The molecular formula is C8H6N2O2. The summed E-state index contributed by atoms with van der Waals surface area (Å²) in [6.07, 6.45) is 4.79. The van der Waals surface area contributed by atoms with Crippen LogP contribution in [-0.2, 0) is 0 Å². The fourth-order valence-electron chi connectivity index (χ4n) is 1.06. The van der Waals surface area contributed by atoms with Crippen LogP contribution in [0.5, 0.6) is 0 Å². The van der Waals surface area contributed by atoms with Crippen molar-refractivity contribution in [1.29, 1.82) is 0 Å². The highest BCUT2D eigenvalue weighted by Gasteiger charge is 2.03. The highest BCUT2D eigenvalue weighted by atomic mass is 16.4. The van der Waals surface area contributed by atoms with Crippen LogP contribution in [0, 0.1) is 0 Å². The molecule has 0 saturated heterocycles. The molecule has 60 valence electrons. The van der Waals surface area contributed by atoms with E-state index in [0.29, 0.717) is 0 Å². The quantitative estimate of drug-likeness (QED) is 0.663. The van der Waals surface area contributed by atoms with Gasteiger partial charge in [0.05, 0.1) is 11.1 Å². The van der Waals surface area contributed by atoms with Gasteiger partial charge in [0.25, 0.3) is 0 Å². The van der Waals surface area contributed by atoms with Crippen molar-refractivity contribution in [2.45, 2.75) is 0 Å². The number of fused-ring (bicyclic) bond motifs is 1. The van der Waals surface area contributed by atoms with Gasteiger partial charge in [-0.2, -0.15) is 0 Å². The molecule has 0 fully saturated rings. The maximum absolute atomic E-state index is 10.5. The third-order valence-electron chi connectivity index (χ3n) is 1.66. The van der Waals surface area contributed by atoms with E-state index in [1.54, 1.807) is 18.5 Å². The minimum Gasteiger partial charge on any atom is -0.478 e. The number of nitrogens with one attached hydrogen (secondary N) is 1. The fraction of sp³-hybridized carbons (Fsp3) is 0. The lowest BCUT2D eigenvalue weighted by Crippen LogP contribution is -1.95. The second-order valence-electron chi connectivity index (χ2n) is 2.46. The molecule has 2 heterocycles. The Morgan fingerprint density at radius 1 is 1.50 bits per heavy atom. The Morgan fingerprint density at radius 2 is 2.33 bits per heavy atom. The molecule has 0 aliphatic rings. The van der Waals surface area contributed by atoms with Gasteiger partial charge in [0, 0.05) is 24.0 Å². The number of rotatable bonds is 1. The van der Waals surface area contributed by atoms with Crippen LogP contribution < -0.4 is 0 Å². The number of carboxylic acids is 1. The van der Waals surface area contributed by atoms with E-state index in [-0.39, 0.29) is 5.56 Å². The average molecular weight is 162 g/mol. The van der Waals surface area contributed by atoms with Crippen LogP contribution in [-0.4, -0.2) is 21.0 Å².